The van der Waals surface area contributed by atoms with Crippen LogP contribution in [-0.2, 0) is 6.42 Å². The summed E-state index contributed by atoms with van der Waals surface area (Å²) >= 11 is 0. The molecule has 0 atom stereocenters. The van der Waals surface area contributed by atoms with Crippen molar-refractivity contribution in [2.45, 2.75) is 13.3 Å². The highest BCUT2D eigenvalue weighted by Gasteiger charge is 2.18. The summed E-state index contributed by atoms with van der Waals surface area (Å²) < 4.78 is 5.77. The van der Waals surface area contributed by atoms with Crippen molar-refractivity contribution in [1.29, 1.82) is 0 Å². The molecule has 1 rings (SSSR count). The molecule has 1 aromatic heterocycles. The van der Waals surface area contributed by atoms with E-state index in [0.717, 1.165) is 0 Å². The van der Waals surface area contributed by atoms with Gasteiger partial charge in [0.15, 0.2) is 11.6 Å². The summed E-state index contributed by atoms with van der Waals surface area (Å²) in [6, 6.07) is 1.65. The fourth-order valence-electron chi connectivity index (χ4n) is 1.97. The van der Waals surface area contributed by atoms with E-state index in [2.05, 4.69) is 33.6 Å². The van der Waals surface area contributed by atoms with Crippen molar-refractivity contribution in [2.75, 3.05) is 28.2 Å². The largest absolute Gasteiger partial charge is 0.459 e. The van der Waals surface area contributed by atoms with Crippen molar-refractivity contribution in [3.05, 3.63) is 48.0 Å². The van der Waals surface area contributed by atoms with Crippen molar-refractivity contribution in [3.63, 3.8) is 0 Å². The van der Waals surface area contributed by atoms with Crippen LogP contribution in [0.2, 0.25) is 0 Å². The molecule has 0 radical (unpaired) electrons. The van der Waals surface area contributed by atoms with Crippen LogP contribution in [0.1, 0.15) is 28.8 Å². The van der Waals surface area contributed by atoms with Gasteiger partial charge in [-0.15, -0.1) is 0 Å². The van der Waals surface area contributed by atoms with Gasteiger partial charge < -0.3 is 14.7 Å². The van der Waals surface area contributed by atoms with Gasteiger partial charge in [-0.1, -0.05) is 20.1 Å². The number of hydrazone groups is 1. The quantitative estimate of drug-likeness (QED) is 0.468. The third-order valence-electron chi connectivity index (χ3n) is 3.22. The van der Waals surface area contributed by atoms with Gasteiger partial charge in [0.2, 0.25) is 0 Å². The molecule has 1 heterocycles. The zero-order valence-corrected chi connectivity index (χ0v) is 15.5. The fraction of sp³-hybridized carbons (Fsp3) is 0.333. The van der Waals surface area contributed by atoms with E-state index in [0.29, 0.717) is 40.6 Å². The van der Waals surface area contributed by atoms with Crippen LogP contribution in [0.25, 0.3) is 0 Å². The van der Waals surface area contributed by atoms with Crippen LogP contribution < -0.4 is 5.32 Å². The van der Waals surface area contributed by atoms with Crippen molar-refractivity contribution in [1.82, 2.24) is 10.3 Å². The van der Waals surface area contributed by atoms with Gasteiger partial charge >= 0.3 is 0 Å². The third-order valence-corrected chi connectivity index (χ3v) is 3.22. The third kappa shape index (κ3) is 5.27. The van der Waals surface area contributed by atoms with Crippen LogP contribution in [0.3, 0.4) is 0 Å². The van der Waals surface area contributed by atoms with Gasteiger partial charge in [0.25, 0.3) is 5.91 Å². The maximum absolute atomic E-state index is 12.0. The minimum Gasteiger partial charge on any atom is -0.459 e. The van der Waals surface area contributed by atoms with E-state index in [1.165, 1.54) is 0 Å². The van der Waals surface area contributed by atoms with E-state index in [4.69, 9.17) is 4.42 Å². The number of furan rings is 1. The molecule has 0 saturated carbocycles. The summed E-state index contributed by atoms with van der Waals surface area (Å²) in [6.45, 7) is 9.60. The number of amidine groups is 1. The summed E-state index contributed by atoms with van der Waals surface area (Å²) in [4.78, 5) is 20.5. The highest BCUT2D eigenvalue weighted by molar-refractivity contribution is 6.22. The molecule has 134 valence electrons. The summed E-state index contributed by atoms with van der Waals surface area (Å²) in [5.74, 6) is 1.23. The summed E-state index contributed by atoms with van der Waals surface area (Å²) in [5, 5.41) is 8.37. The van der Waals surface area contributed by atoms with Gasteiger partial charge in [0, 0.05) is 40.2 Å². The first kappa shape index (κ1) is 20.1. The van der Waals surface area contributed by atoms with Gasteiger partial charge in [-0.05, 0) is 12.1 Å². The number of aliphatic imine (C=N–C) groups is 2. The average Bonchev–Trinajstić information content (AvgIpc) is 3.04. The Morgan fingerprint density at radius 1 is 1.44 bits per heavy atom. The molecule has 7 nitrogen and oxygen atoms in total. The molecule has 0 bridgehead atoms. The molecule has 0 fully saturated rings. The molecule has 7 heteroatoms. The first-order chi connectivity index (χ1) is 11.9. The number of nitrogens with zero attached hydrogens (tertiary/aromatic N) is 4. The second kappa shape index (κ2) is 9.36. The Balaban J connectivity index is 3.26. The molecular weight excluding hydrogens is 318 g/mol. The Hall–Kier alpha value is -2.96. The Morgan fingerprint density at radius 2 is 2.12 bits per heavy atom. The van der Waals surface area contributed by atoms with E-state index in [1.54, 1.807) is 51.6 Å². The number of carbonyl (C=O) groups is 1. The summed E-state index contributed by atoms with van der Waals surface area (Å²) in [6.07, 6.45) is 3.71. The van der Waals surface area contributed by atoms with Crippen molar-refractivity contribution in [2.24, 2.45) is 15.1 Å². The van der Waals surface area contributed by atoms with Crippen LogP contribution in [0.4, 0.5) is 0 Å². The maximum Gasteiger partial charge on any atom is 0.254 e. The number of rotatable bonds is 7. The predicted molar refractivity (Wildman–Crippen MR) is 103 cm³/mol. The number of allylic oxidation sites excluding steroid dienone is 1. The zero-order valence-electron chi connectivity index (χ0n) is 15.5. The molecule has 0 aliphatic heterocycles. The Bertz CT molecular complexity index is 739. The van der Waals surface area contributed by atoms with Crippen molar-refractivity contribution < 1.29 is 9.21 Å². The lowest BCUT2D eigenvalue weighted by atomic mass is 10.1. The first-order valence-corrected chi connectivity index (χ1v) is 7.81. The fourth-order valence-corrected chi connectivity index (χ4v) is 1.97. The lowest BCUT2D eigenvalue weighted by molar-refractivity contribution is 0.0961. The molecule has 0 spiro atoms. The molecule has 0 unspecified atom stereocenters. The van der Waals surface area contributed by atoms with E-state index in [9.17, 15) is 4.79 Å². The van der Waals surface area contributed by atoms with Gasteiger partial charge in [-0.25, -0.2) is 4.99 Å². The normalized spacial score (nSPS) is 12.4. The van der Waals surface area contributed by atoms with Crippen LogP contribution in [0, 0.1) is 0 Å². The summed E-state index contributed by atoms with van der Waals surface area (Å²) in [5.41, 5.74) is 1.49. The number of carbonyl (C=O) groups excluding carboxylic acids is 1. The smallest absolute Gasteiger partial charge is 0.254 e. The molecule has 1 N–H and O–H groups in total. The Labute approximate surface area is 148 Å². The van der Waals surface area contributed by atoms with Crippen molar-refractivity contribution in [3.8, 4) is 0 Å². The molecule has 0 aromatic carbocycles. The summed E-state index contributed by atoms with van der Waals surface area (Å²) in [7, 11) is 6.80. The SMILES string of the molecule is C=CC(=NC(=NC)C(=C)/C=N\N(C)C)c1cc(C(=O)NC)c(CC)o1. The molecule has 0 aliphatic rings. The number of hydrogen-bond acceptors (Lipinski definition) is 5. The highest BCUT2D eigenvalue weighted by Crippen LogP contribution is 2.18. The van der Waals surface area contributed by atoms with Crippen LogP contribution in [-0.4, -0.2) is 56.9 Å². The standard InChI is InChI=1S/C18H25N5O2/c1-8-14(22-17(19-4)12(3)11-21-23(6)7)16-10-13(18(24)20-5)15(9-2)25-16/h8,10-11H,1,3,9H2,2,4-7H3,(H,20,24)/b19-17?,21-11-,22-14?. The molecule has 1 aromatic rings. The van der Waals surface area contributed by atoms with Gasteiger partial charge in [0.05, 0.1) is 11.8 Å². The highest BCUT2D eigenvalue weighted by atomic mass is 16.3. The lowest BCUT2D eigenvalue weighted by Gasteiger charge is -2.05. The second-order valence-corrected chi connectivity index (χ2v) is 5.25. The molecule has 1 amide bonds. The number of hydrogen-bond donors (Lipinski definition) is 1. The minimum absolute atomic E-state index is 0.206. The van der Waals surface area contributed by atoms with Crippen LogP contribution in [0.5, 0.6) is 0 Å². The monoisotopic (exact) mass is 343 g/mol. The Kier molecular flexibility index (Phi) is 7.52. The predicted octanol–water partition coefficient (Wildman–Crippen LogP) is 2.31. The minimum atomic E-state index is -0.206. The van der Waals surface area contributed by atoms with Gasteiger partial charge in [0.1, 0.15) is 11.5 Å². The van der Waals surface area contributed by atoms with E-state index < -0.39 is 0 Å². The zero-order chi connectivity index (χ0) is 19.0. The van der Waals surface area contributed by atoms with E-state index >= 15 is 0 Å². The van der Waals surface area contributed by atoms with Crippen LogP contribution >= 0.6 is 0 Å². The van der Waals surface area contributed by atoms with E-state index in [-0.39, 0.29) is 5.91 Å². The average molecular weight is 343 g/mol. The molecule has 25 heavy (non-hydrogen) atoms. The molecule has 0 aliphatic carbocycles. The van der Waals surface area contributed by atoms with Crippen LogP contribution in [0.15, 0.2) is 50.4 Å². The second-order valence-electron chi connectivity index (χ2n) is 5.25. The lowest BCUT2D eigenvalue weighted by Crippen LogP contribution is -2.18. The first-order valence-electron chi connectivity index (χ1n) is 7.81. The van der Waals surface area contributed by atoms with Crippen molar-refractivity contribution >= 4 is 23.7 Å². The number of amides is 1. The topological polar surface area (TPSA) is 82.6 Å². The number of nitrogens with one attached hydrogen (secondary N) is 1. The Morgan fingerprint density at radius 3 is 2.60 bits per heavy atom. The van der Waals surface area contributed by atoms with E-state index in [1.807, 2.05) is 6.92 Å². The maximum atomic E-state index is 12.0. The molecule has 0 saturated heterocycles. The van der Waals surface area contributed by atoms with Gasteiger partial charge in [-0.2, -0.15) is 5.10 Å². The molecular formula is C18H25N5O2. The van der Waals surface area contributed by atoms with Gasteiger partial charge in [-0.3, -0.25) is 9.79 Å². The number of aryl methyl sites for hydroxylation is 1.